The van der Waals surface area contributed by atoms with Gasteiger partial charge in [-0.05, 0) is 87.3 Å². The molecule has 10 heteroatoms. The van der Waals surface area contributed by atoms with Crippen molar-refractivity contribution in [3.8, 4) is 0 Å². The lowest BCUT2D eigenvalue weighted by Crippen LogP contribution is -2.44. The second-order valence-electron chi connectivity index (χ2n) is 11.3. The molecule has 0 radical (unpaired) electrons. The van der Waals surface area contributed by atoms with Crippen LogP contribution in [0.4, 0.5) is 0 Å². The number of likely N-dealkylation sites (tertiary alicyclic amines) is 1. The van der Waals surface area contributed by atoms with Gasteiger partial charge in [0.15, 0.2) is 0 Å². The maximum atomic E-state index is 12.1. The average molecular weight is 600 g/mol. The molecule has 3 aromatic carbocycles. The highest BCUT2D eigenvalue weighted by Gasteiger charge is 2.41. The predicted molar refractivity (Wildman–Crippen MR) is 161 cm³/mol. The van der Waals surface area contributed by atoms with Gasteiger partial charge in [-0.2, -0.15) is 0 Å². The predicted octanol–water partition coefficient (Wildman–Crippen LogP) is 4.58. The van der Waals surface area contributed by atoms with E-state index in [2.05, 4.69) is 4.90 Å². The number of aliphatic hydroxyl groups is 2. The Kier molecular flexibility index (Phi) is 11.6. The minimum atomic E-state index is -4.64. The van der Waals surface area contributed by atoms with Gasteiger partial charge < -0.3 is 34.9 Å². The van der Waals surface area contributed by atoms with Crippen molar-refractivity contribution in [1.82, 2.24) is 4.90 Å². The van der Waals surface area contributed by atoms with Crippen LogP contribution in [0.5, 0.6) is 0 Å². The Hall–Kier alpha value is -2.88. The molecular weight excluding hydrogens is 557 g/mol. The molecule has 6 N–H and O–H groups in total. The standard InChI is InChI=1S/C32H39NO4.H3O4P/c1-31(2,30(35)36)25-17-15-24(16-18-25)29(34)14-9-21-33-22-19-28(20-23-33)32(37,26-10-5-3-6-11-26)27-12-7-4-8-13-27;1-5(2,3)4/h3-8,10-13,15-18,28-29,34,37H,9,14,19-23H2,1-2H3,(H,35,36);(H3,1,2,3,4). The summed E-state index contributed by atoms with van der Waals surface area (Å²) < 4.78 is 8.88. The summed E-state index contributed by atoms with van der Waals surface area (Å²) in [5.41, 5.74) is 1.47. The van der Waals surface area contributed by atoms with E-state index in [0.29, 0.717) is 6.42 Å². The zero-order chi connectivity index (χ0) is 31.0. The number of hydrogen-bond donors (Lipinski definition) is 6. The lowest BCUT2D eigenvalue weighted by atomic mass is 9.72. The minimum absolute atomic E-state index is 0.132. The van der Waals surface area contributed by atoms with Gasteiger partial charge in [-0.3, -0.25) is 4.79 Å². The van der Waals surface area contributed by atoms with Crippen molar-refractivity contribution in [3.05, 3.63) is 107 Å². The van der Waals surface area contributed by atoms with Crippen LogP contribution in [0.15, 0.2) is 84.9 Å². The summed E-state index contributed by atoms with van der Waals surface area (Å²) in [5.74, 6) is -0.733. The van der Waals surface area contributed by atoms with Crippen LogP contribution in [0, 0.1) is 5.92 Å². The Balaban J connectivity index is 0.000000892. The SMILES string of the molecule is CC(C)(C(=O)O)c1ccc(C(O)CCCN2CCC(C(O)(c3ccccc3)c3ccccc3)CC2)cc1.O=P(O)(O)O. The molecule has 4 rings (SSSR count). The summed E-state index contributed by atoms with van der Waals surface area (Å²) in [5, 5.41) is 32.2. The molecule has 0 aromatic heterocycles. The molecule has 228 valence electrons. The number of piperidine rings is 1. The smallest absolute Gasteiger partial charge is 0.466 e. The Morgan fingerprint density at radius 3 is 1.74 bits per heavy atom. The lowest BCUT2D eigenvalue weighted by Gasteiger charge is -2.42. The summed E-state index contributed by atoms with van der Waals surface area (Å²) in [6, 6.07) is 27.3. The number of hydrogen-bond acceptors (Lipinski definition) is 5. The molecular formula is C32H42NO8P. The number of phosphoric acid groups is 1. The van der Waals surface area contributed by atoms with E-state index in [9.17, 15) is 20.1 Å². The summed E-state index contributed by atoms with van der Waals surface area (Å²) >= 11 is 0. The highest BCUT2D eigenvalue weighted by molar-refractivity contribution is 7.45. The van der Waals surface area contributed by atoms with E-state index in [0.717, 1.165) is 61.2 Å². The fourth-order valence-corrected chi connectivity index (χ4v) is 5.52. The number of rotatable bonds is 10. The third-order valence-corrected chi connectivity index (χ3v) is 8.11. The Morgan fingerprint density at radius 2 is 1.31 bits per heavy atom. The van der Waals surface area contributed by atoms with Crippen LogP contribution in [0.3, 0.4) is 0 Å². The van der Waals surface area contributed by atoms with Gasteiger partial charge in [-0.25, -0.2) is 4.57 Å². The first-order valence-corrected chi connectivity index (χ1v) is 15.7. The van der Waals surface area contributed by atoms with Gasteiger partial charge in [-0.1, -0.05) is 84.9 Å². The Morgan fingerprint density at radius 1 is 0.857 bits per heavy atom. The number of aliphatic carboxylic acids is 1. The van der Waals surface area contributed by atoms with E-state index in [-0.39, 0.29) is 5.92 Å². The molecule has 3 aromatic rings. The number of carboxylic acids is 1. The lowest BCUT2D eigenvalue weighted by molar-refractivity contribution is -0.142. The van der Waals surface area contributed by atoms with Crippen molar-refractivity contribution in [1.29, 1.82) is 0 Å². The second kappa shape index (κ2) is 14.5. The van der Waals surface area contributed by atoms with E-state index in [1.807, 2.05) is 72.8 Å². The largest absolute Gasteiger partial charge is 0.481 e. The van der Waals surface area contributed by atoms with Crippen molar-refractivity contribution >= 4 is 13.8 Å². The quantitative estimate of drug-likeness (QED) is 0.183. The van der Waals surface area contributed by atoms with Crippen LogP contribution in [0.2, 0.25) is 0 Å². The fourth-order valence-electron chi connectivity index (χ4n) is 5.52. The van der Waals surface area contributed by atoms with E-state index >= 15 is 0 Å². The van der Waals surface area contributed by atoms with Crippen LogP contribution < -0.4 is 0 Å². The van der Waals surface area contributed by atoms with Gasteiger partial charge >= 0.3 is 13.8 Å². The molecule has 1 aliphatic rings. The topological polar surface area (TPSA) is 159 Å². The first-order chi connectivity index (χ1) is 19.7. The van der Waals surface area contributed by atoms with Crippen LogP contribution in [0.1, 0.15) is 67.9 Å². The van der Waals surface area contributed by atoms with Crippen molar-refractivity contribution in [2.45, 2.75) is 56.7 Å². The number of nitrogens with zero attached hydrogens (tertiary/aromatic N) is 1. The molecule has 1 fully saturated rings. The summed E-state index contributed by atoms with van der Waals surface area (Å²) in [4.78, 5) is 35.5. The number of carbonyl (C=O) groups is 1. The van der Waals surface area contributed by atoms with Gasteiger partial charge in [0.05, 0.1) is 11.5 Å². The van der Waals surface area contributed by atoms with E-state index in [1.165, 1.54) is 0 Å². The van der Waals surface area contributed by atoms with Crippen LogP contribution in [-0.2, 0) is 20.4 Å². The second-order valence-corrected chi connectivity index (χ2v) is 12.4. The monoisotopic (exact) mass is 599 g/mol. The molecule has 1 aliphatic heterocycles. The third kappa shape index (κ3) is 9.06. The van der Waals surface area contributed by atoms with Gasteiger partial charge in [0.1, 0.15) is 5.60 Å². The van der Waals surface area contributed by atoms with Crippen LogP contribution >= 0.6 is 7.82 Å². The summed E-state index contributed by atoms with van der Waals surface area (Å²) in [6.45, 7) is 6.11. The van der Waals surface area contributed by atoms with Gasteiger partial charge in [-0.15, -0.1) is 0 Å². The molecule has 1 saturated heterocycles. The first kappa shape index (κ1) is 33.6. The summed E-state index contributed by atoms with van der Waals surface area (Å²) in [7, 11) is -4.64. The number of carboxylic acid groups (broad SMARTS) is 1. The Bertz CT molecular complexity index is 1260. The van der Waals surface area contributed by atoms with Gasteiger partial charge in [0, 0.05) is 0 Å². The van der Waals surface area contributed by atoms with E-state index in [1.54, 1.807) is 26.0 Å². The zero-order valence-corrected chi connectivity index (χ0v) is 25.0. The molecule has 0 aliphatic carbocycles. The van der Waals surface area contributed by atoms with E-state index < -0.39 is 30.9 Å². The molecule has 0 saturated carbocycles. The van der Waals surface area contributed by atoms with E-state index in [4.69, 9.17) is 19.2 Å². The highest BCUT2D eigenvalue weighted by atomic mass is 31.2. The average Bonchev–Trinajstić information content (AvgIpc) is 2.97. The molecule has 0 bridgehead atoms. The van der Waals surface area contributed by atoms with Gasteiger partial charge in [0.25, 0.3) is 0 Å². The van der Waals surface area contributed by atoms with Crippen molar-refractivity contribution in [2.75, 3.05) is 19.6 Å². The zero-order valence-electron chi connectivity index (χ0n) is 24.1. The first-order valence-electron chi connectivity index (χ1n) is 14.1. The third-order valence-electron chi connectivity index (χ3n) is 8.11. The van der Waals surface area contributed by atoms with Crippen LogP contribution in [0.25, 0.3) is 0 Å². The maximum Gasteiger partial charge on any atom is 0.466 e. The molecule has 1 atom stereocenters. The molecule has 0 spiro atoms. The summed E-state index contributed by atoms with van der Waals surface area (Å²) in [6.07, 6.45) is 2.77. The van der Waals surface area contributed by atoms with Crippen LogP contribution in [-0.4, -0.2) is 60.5 Å². The van der Waals surface area contributed by atoms with Crippen molar-refractivity contribution in [2.24, 2.45) is 5.92 Å². The highest BCUT2D eigenvalue weighted by Crippen LogP contribution is 2.42. The molecule has 1 heterocycles. The normalized spacial score (nSPS) is 15.9. The molecule has 42 heavy (non-hydrogen) atoms. The molecule has 0 amide bonds. The fraction of sp³-hybridized carbons (Fsp3) is 0.406. The van der Waals surface area contributed by atoms with Crippen molar-refractivity contribution in [3.63, 3.8) is 0 Å². The minimum Gasteiger partial charge on any atom is -0.481 e. The Labute approximate surface area is 247 Å². The van der Waals surface area contributed by atoms with Crippen molar-refractivity contribution < 1.29 is 39.4 Å². The van der Waals surface area contributed by atoms with Gasteiger partial charge in [0.2, 0.25) is 0 Å². The molecule has 1 unspecified atom stereocenters. The number of aliphatic hydroxyl groups excluding tert-OH is 1. The maximum absolute atomic E-state index is 12.1. The molecule has 9 nitrogen and oxygen atoms in total. The number of benzene rings is 3.